The normalized spacial score (nSPS) is 12.6. The van der Waals surface area contributed by atoms with Crippen molar-refractivity contribution >= 4 is 11.5 Å². The molecule has 0 bridgehead atoms. The Morgan fingerprint density at radius 2 is 2.31 bits per heavy atom. The Morgan fingerprint density at radius 3 is 2.94 bits per heavy atom. The largest absolute Gasteiger partial charge is 0.309 e. The molecule has 0 saturated heterocycles. The van der Waals surface area contributed by atoms with Crippen LogP contribution in [0.4, 0.5) is 0 Å². The van der Waals surface area contributed by atoms with Crippen LogP contribution in [0.1, 0.15) is 49.7 Å². The molecule has 3 nitrogen and oxygen atoms in total. The van der Waals surface area contributed by atoms with Gasteiger partial charge in [-0.25, -0.2) is 0 Å². The number of nitrogens with zero attached hydrogens (tertiary/aromatic N) is 2. The van der Waals surface area contributed by atoms with Crippen molar-refractivity contribution in [3.63, 3.8) is 0 Å². The molecular weight excluding hydrogens is 218 g/mol. The highest BCUT2D eigenvalue weighted by atomic mass is 32.1. The minimum atomic E-state index is 0.396. The van der Waals surface area contributed by atoms with E-state index in [4.69, 9.17) is 0 Å². The van der Waals surface area contributed by atoms with Gasteiger partial charge in [-0.2, -0.15) is 0 Å². The smallest absolute Gasteiger partial charge is 0.0800 e. The maximum absolute atomic E-state index is 4.17. The summed E-state index contributed by atoms with van der Waals surface area (Å²) in [6.07, 6.45) is 6.20. The minimum absolute atomic E-state index is 0.396. The van der Waals surface area contributed by atoms with Gasteiger partial charge in [-0.3, -0.25) is 0 Å². The first-order chi connectivity index (χ1) is 7.83. The van der Waals surface area contributed by atoms with Crippen LogP contribution in [0.3, 0.4) is 0 Å². The van der Waals surface area contributed by atoms with Crippen molar-refractivity contribution in [3.8, 4) is 0 Å². The van der Waals surface area contributed by atoms with E-state index in [1.54, 1.807) is 0 Å². The van der Waals surface area contributed by atoms with Gasteiger partial charge in [-0.05, 0) is 43.8 Å². The third kappa shape index (κ3) is 3.68. The van der Waals surface area contributed by atoms with Crippen molar-refractivity contribution in [2.24, 2.45) is 0 Å². The Morgan fingerprint density at radius 1 is 1.50 bits per heavy atom. The molecule has 0 radical (unpaired) electrons. The molecule has 1 unspecified atom stereocenters. The van der Waals surface area contributed by atoms with Crippen LogP contribution in [-0.2, 0) is 6.42 Å². The zero-order valence-electron chi connectivity index (χ0n) is 10.2. The molecule has 1 atom stereocenters. The van der Waals surface area contributed by atoms with Gasteiger partial charge in [0.05, 0.1) is 10.6 Å². The predicted octanol–water partition coefficient (Wildman–Crippen LogP) is 3.11. The molecule has 1 heterocycles. The van der Waals surface area contributed by atoms with Gasteiger partial charge in [-0.1, -0.05) is 24.4 Å². The Labute approximate surface area is 102 Å². The Balaban J connectivity index is 2.69. The SMILES string of the molecule is C=CCCC(NCCC)c1snnc1CC. The molecule has 1 aromatic rings. The van der Waals surface area contributed by atoms with Gasteiger partial charge in [0.15, 0.2) is 0 Å². The number of aryl methyl sites for hydroxylation is 1. The van der Waals surface area contributed by atoms with Crippen LogP contribution < -0.4 is 5.32 Å². The molecule has 0 amide bonds. The summed E-state index contributed by atoms with van der Waals surface area (Å²) in [6, 6.07) is 0.396. The minimum Gasteiger partial charge on any atom is -0.309 e. The van der Waals surface area contributed by atoms with E-state index < -0.39 is 0 Å². The van der Waals surface area contributed by atoms with E-state index in [0.29, 0.717) is 6.04 Å². The molecule has 1 aromatic heterocycles. The van der Waals surface area contributed by atoms with E-state index in [2.05, 4.69) is 35.3 Å². The lowest BCUT2D eigenvalue weighted by molar-refractivity contribution is 0.506. The Hall–Kier alpha value is -0.740. The van der Waals surface area contributed by atoms with E-state index in [1.807, 2.05) is 6.08 Å². The van der Waals surface area contributed by atoms with E-state index >= 15 is 0 Å². The fourth-order valence-electron chi connectivity index (χ4n) is 1.65. The molecule has 0 aliphatic heterocycles. The molecule has 1 N–H and O–H groups in total. The fraction of sp³-hybridized carbons (Fsp3) is 0.667. The summed E-state index contributed by atoms with van der Waals surface area (Å²) in [7, 11) is 0. The second kappa shape index (κ2) is 7.52. The van der Waals surface area contributed by atoms with Crippen molar-refractivity contribution in [1.29, 1.82) is 0 Å². The third-order valence-electron chi connectivity index (χ3n) is 2.54. The highest BCUT2D eigenvalue weighted by Crippen LogP contribution is 2.25. The lowest BCUT2D eigenvalue weighted by Crippen LogP contribution is -2.22. The average Bonchev–Trinajstić information content (AvgIpc) is 2.77. The van der Waals surface area contributed by atoms with Gasteiger partial charge in [0, 0.05) is 6.04 Å². The summed E-state index contributed by atoms with van der Waals surface area (Å²) < 4.78 is 4.06. The van der Waals surface area contributed by atoms with Gasteiger partial charge in [-0.15, -0.1) is 11.7 Å². The Bertz CT molecular complexity index is 309. The first-order valence-electron chi connectivity index (χ1n) is 5.98. The highest BCUT2D eigenvalue weighted by Gasteiger charge is 2.16. The van der Waals surface area contributed by atoms with Gasteiger partial charge < -0.3 is 5.32 Å². The van der Waals surface area contributed by atoms with E-state index in [-0.39, 0.29) is 0 Å². The number of rotatable bonds is 8. The van der Waals surface area contributed by atoms with E-state index in [0.717, 1.165) is 37.9 Å². The maximum Gasteiger partial charge on any atom is 0.0800 e. The topological polar surface area (TPSA) is 37.8 Å². The molecule has 0 aromatic carbocycles. The third-order valence-corrected chi connectivity index (χ3v) is 3.42. The lowest BCUT2D eigenvalue weighted by atomic mass is 10.1. The van der Waals surface area contributed by atoms with Crippen LogP contribution >= 0.6 is 11.5 Å². The quantitative estimate of drug-likeness (QED) is 0.708. The average molecular weight is 239 g/mol. The number of hydrogen-bond donors (Lipinski definition) is 1. The molecule has 0 saturated carbocycles. The monoisotopic (exact) mass is 239 g/mol. The van der Waals surface area contributed by atoms with Gasteiger partial charge in [0.25, 0.3) is 0 Å². The first-order valence-corrected chi connectivity index (χ1v) is 6.76. The van der Waals surface area contributed by atoms with Crippen molar-refractivity contribution in [1.82, 2.24) is 14.9 Å². The van der Waals surface area contributed by atoms with Gasteiger partial charge >= 0.3 is 0 Å². The molecule has 1 rings (SSSR count). The highest BCUT2D eigenvalue weighted by molar-refractivity contribution is 7.05. The van der Waals surface area contributed by atoms with Crippen LogP contribution in [-0.4, -0.2) is 16.1 Å². The number of nitrogens with one attached hydrogen (secondary N) is 1. The maximum atomic E-state index is 4.17. The van der Waals surface area contributed by atoms with Crippen LogP contribution in [0, 0.1) is 0 Å². The second-order valence-corrected chi connectivity index (χ2v) is 4.60. The fourth-order valence-corrected chi connectivity index (χ4v) is 2.50. The molecule has 0 aliphatic carbocycles. The van der Waals surface area contributed by atoms with Crippen molar-refractivity contribution < 1.29 is 0 Å². The second-order valence-electron chi connectivity index (χ2n) is 3.81. The lowest BCUT2D eigenvalue weighted by Gasteiger charge is -2.16. The summed E-state index contributed by atoms with van der Waals surface area (Å²) in [5, 5.41) is 7.74. The van der Waals surface area contributed by atoms with Crippen molar-refractivity contribution in [2.45, 2.75) is 45.6 Å². The van der Waals surface area contributed by atoms with Gasteiger partial charge in [0.2, 0.25) is 0 Å². The molecular formula is C12H21N3S. The van der Waals surface area contributed by atoms with Crippen LogP contribution in [0.15, 0.2) is 12.7 Å². The summed E-state index contributed by atoms with van der Waals surface area (Å²) in [5.41, 5.74) is 1.14. The number of hydrogen-bond acceptors (Lipinski definition) is 4. The molecule has 0 spiro atoms. The first kappa shape index (κ1) is 13.3. The standard InChI is InChI=1S/C12H21N3S/c1-4-7-8-11(13-9-5-2)12-10(6-3)14-15-16-12/h4,11,13H,1,5-9H2,2-3H3. The zero-order valence-corrected chi connectivity index (χ0v) is 11.0. The van der Waals surface area contributed by atoms with Crippen molar-refractivity contribution in [2.75, 3.05) is 6.54 Å². The molecule has 4 heteroatoms. The molecule has 90 valence electrons. The van der Waals surface area contributed by atoms with E-state index in [9.17, 15) is 0 Å². The summed E-state index contributed by atoms with van der Waals surface area (Å²) in [6.45, 7) is 9.14. The van der Waals surface area contributed by atoms with Crippen molar-refractivity contribution in [3.05, 3.63) is 23.2 Å². The van der Waals surface area contributed by atoms with Crippen LogP contribution in [0.2, 0.25) is 0 Å². The molecule has 0 aliphatic rings. The van der Waals surface area contributed by atoms with E-state index in [1.165, 1.54) is 16.4 Å². The molecule has 0 fully saturated rings. The summed E-state index contributed by atoms with van der Waals surface area (Å²) in [5.74, 6) is 0. The number of allylic oxidation sites excluding steroid dienone is 1. The summed E-state index contributed by atoms with van der Waals surface area (Å²) in [4.78, 5) is 1.30. The zero-order chi connectivity index (χ0) is 11.8. The molecule has 16 heavy (non-hydrogen) atoms. The van der Waals surface area contributed by atoms with Gasteiger partial charge in [0.1, 0.15) is 0 Å². The van der Waals surface area contributed by atoms with Crippen LogP contribution in [0.25, 0.3) is 0 Å². The predicted molar refractivity (Wildman–Crippen MR) is 69.8 cm³/mol. The summed E-state index contributed by atoms with van der Waals surface area (Å²) >= 11 is 1.53. The van der Waals surface area contributed by atoms with Crippen LogP contribution in [0.5, 0.6) is 0 Å². The Kier molecular flexibility index (Phi) is 6.26. The number of aromatic nitrogens is 2.